The third-order valence-electron chi connectivity index (χ3n) is 5.74. The molecule has 180 valence electrons. The average molecular weight is 474 g/mol. The number of ether oxygens (including phenoxy) is 1. The first-order valence-corrected chi connectivity index (χ1v) is 10.8. The lowest BCUT2D eigenvalue weighted by atomic mass is 9.77. The number of hydrogen-bond acceptors (Lipinski definition) is 3. The number of benzene rings is 3. The molecule has 3 nitrogen and oxygen atoms in total. The molecule has 34 heavy (non-hydrogen) atoms. The van der Waals surface area contributed by atoms with Crippen molar-refractivity contribution >= 4 is 0 Å². The predicted molar refractivity (Wildman–Crippen MR) is 121 cm³/mol. The standard InChI is InChI=1S/C27H26F4O3/c1-2-20(17-34-16-18-6-4-3-5-7-18)27(33,21-12-24(30)15-25(31)13-21)9-8-26(32)19-10-22(28)14-23(29)11-19/h2-7,10-15,20,26,32-33H,1,8-9,16-17H2/t20-,26-,27+/m1/s1. The summed E-state index contributed by atoms with van der Waals surface area (Å²) in [4.78, 5) is 0. The summed E-state index contributed by atoms with van der Waals surface area (Å²) in [7, 11) is 0. The van der Waals surface area contributed by atoms with Gasteiger partial charge in [-0.05, 0) is 53.8 Å². The van der Waals surface area contributed by atoms with Gasteiger partial charge in [0, 0.05) is 18.1 Å². The molecule has 0 aliphatic heterocycles. The van der Waals surface area contributed by atoms with E-state index >= 15 is 0 Å². The predicted octanol–water partition coefficient (Wildman–Crippen LogP) is 5.96. The van der Waals surface area contributed by atoms with Crippen molar-refractivity contribution < 1.29 is 32.5 Å². The van der Waals surface area contributed by atoms with E-state index in [2.05, 4.69) is 6.58 Å². The fraction of sp³-hybridized carbons (Fsp3) is 0.259. The Kier molecular flexibility index (Phi) is 8.61. The van der Waals surface area contributed by atoms with E-state index in [-0.39, 0.29) is 37.2 Å². The Morgan fingerprint density at radius 1 is 0.882 bits per heavy atom. The van der Waals surface area contributed by atoms with Crippen LogP contribution in [0.4, 0.5) is 17.6 Å². The maximum absolute atomic E-state index is 14.0. The van der Waals surface area contributed by atoms with Crippen molar-refractivity contribution in [1.29, 1.82) is 0 Å². The van der Waals surface area contributed by atoms with Crippen molar-refractivity contribution in [2.45, 2.75) is 31.2 Å². The normalized spacial score (nSPS) is 14.9. The summed E-state index contributed by atoms with van der Waals surface area (Å²) in [5.41, 5.74) is -1.06. The molecule has 0 amide bonds. The van der Waals surface area contributed by atoms with Crippen molar-refractivity contribution in [2.24, 2.45) is 5.92 Å². The number of rotatable bonds is 11. The van der Waals surface area contributed by atoms with Gasteiger partial charge in [-0.25, -0.2) is 17.6 Å². The number of aliphatic hydroxyl groups excluding tert-OH is 1. The summed E-state index contributed by atoms with van der Waals surface area (Å²) in [6, 6.07) is 14.7. The monoisotopic (exact) mass is 474 g/mol. The molecule has 0 bridgehead atoms. The van der Waals surface area contributed by atoms with Gasteiger partial charge in [-0.2, -0.15) is 0 Å². The highest BCUT2D eigenvalue weighted by Crippen LogP contribution is 2.38. The first-order valence-electron chi connectivity index (χ1n) is 10.8. The second-order valence-corrected chi connectivity index (χ2v) is 8.18. The molecule has 0 unspecified atom stereocenters. The maximum Gasteiger partial charge on any atom is 0.126 e. The molecule has 0 aliphatic carbocycles. The van der Waals surface area contributed by atoms with Crippen molar-refractivity contribution in [2.75, 3.05) is 6.61 Å². The summed E-state index contributed by atoms with van der Waals surface area (Å²) < 4.78 is 60.9. The second-order valence-electron chi connectivity index (χ2n) is 8.18. The lowest BCUT2D eigenvalue weighted by Gasteiger charge is -2.36. The quantitative estimate of drug-likeness (QED) is 0.266. The molecule has 3 rings (SSSR count). The molecule has 2 N–H and O–H groups in total. The van der Waals surface area contributed by atoms with Crippen LogP contribution in [0.5, 0.6) is 0 Å². The smallest absolute Gasteiger partial charge is 0.126 e. The first-order chi connectivity index (χ1) is 16.2. The Hall–Kier alpha value is -3.00. The summed E-state index contributed by atoms with van der Waals surface area (Å²) in [6.45, 7) is 3.95. The molecule has 0 spiro atoms. The van der Waals surface area contributed by atoms with Gasteiger partial charge in [-0.1, -0.05) is 36.4 Å². The molecule has 0 fully saturated rings. The van der Waals surface area contributed by atoms with Gasteiger partial charge in [0.25, 0.3) is 0 Å². The van der Waals surface area contributed by atoms with E-state index in [0.29, 0.717) is 12.1 Å². The topological polar surface area (TPSA) is 49.7 Å². The minimum absolute atomic E-state index is 0.0132. The van der Waals surface area contributed by atoms with Crippen LogP contribution >= 0.6 is 0 Å². The summed E-state index contributed by atoms with van der Waals surface area (Å²) in [5.74, 6) is -4.28. The highest BCUT2D eigenvalue weighted by Gasteiger charge is 2.38. The maximum atomic E-state index is 14.0. The molecule has 0 radical (unpaired) electrons. The van der Waals surface area contributed by atoms with Crippen molar-refractivity contribution in [3.63, 3.8) is 0 Å². The van der Waals surface area contributed by atoms with E-state index in [4.69, 9.17) is 4.74 Å². The van der Waals surface area contributed by atoms with Crippen LogP contribution in [0.2, 0.25) is 0 Å². The van der Waals surface area contributed by atoms with E-state index in [0.717, 1.165) is 29.8 Å². The molecule has 0 saturated carbocycles. The van der Waals surface area contributed by atoms with E-state index < -0.39 is 40.9 Å². The van der Waals surface area contributed by atoms with Gasteiger partial charge in [0.15, 0.2) is 0 Å². The van der Waals surface area contributed by atoms with Crippen LogP contribution in [-0.2, 0) is 16.9 Å². The molecule has 7 heteroatoms. The van der Waals surface area contributed by atoms with Crippen molar-refractivity contribution in [3.05, 3.63) is 119 Å². The van der Waals surface area contributed by atoms with Gasteiger partial charge in [0.1, 0.15) is 23.3 Å². The Bertz CT molecular complexity index is 1070. The van der Waals surface area contributed by atoms with E-state index in [1.807, 2.05) is 30.3 Å². The third-order valence-corrected chi connectivity index (χ3v) is 5.74. The van der Waals surface area contributed by atoms with Gasteiger partial charge < -0.3 is 14.9 Å². The van der Waals surface area contributed by atoms with Crippen LogP contribution in [0.25, 0.3) is 0 Å². The zero-order valence-electron chi connectivity index (χ0n) is 18.4. The highest BCUT2D eigenvalue weighted by molar-refractivity contribution is 5.27. The van der Waals surface area contributed by atoms with Gasteiger partial charge in [0.05, 0.1) is 24.9 Å². The minimum atomic E-state index is -1.88. The van der Waals surface area contributed by atoms with Crippen LogP contribution in [0.1, 0.15) is 35.6 Å². The second kappa shape index (κ2) is 11.4. The molecule has 0 aliphatic rings. The summed E-state index contributed by atoms with van der Waals surface area (Å²) >= 11 is 0. The third kappa shape index (κ3) is 6.53. The largest absolute Gasteiger partial charge is 0.388 e. The van der Waals surface area contributed by atoms with Crippen molar-refractivity contribution in [1.82, 2.24) is 0 Å². The van der Waals surface area contributed by atoms with Gasteiger partial charge in [-0.15, -0.1) is 6.58 Å². The van der Waals surface area contributed by atoms with E-state index in [1.54, 1.807) is 0 Å². The Labute approximate surface area is 196 Å². The van der Waals surface area contributed by atoms with Crippen LogP contribution in [0.3, 0.4) is 0 Å². The molecular weight excluding hydrogens is 448 g/mol. The number of aliphatic hydroxyl groups is 2. The Morgan fingerprint density at radius 2 is 1.44 bits per heavy atom. The van der Waals surface area contributed by atoms with Crippen LogP contribution in [0.15, 0.2) is 79.4 Å². The molecule has 3 aromatic rings. The molecular formula is C27H26F4O3. The van der Waals surface area contributed by atoms with Gasteiger partial charge in [0.2, 0.25) is 0 Å². The zero-order valence-corrected chi connectivity index (χ0v) is 18.4. The molecule has 0 saturated heterocycles. The number of hydrogen-bond donors (Lipinski definition) is 2. The molecule has 0 aromatic heterocycles. The molecule has 3 atom stereocenters. The van der Waals surface area contributed by atoms with Crippen LogP contribution < -0.4 is 0 Å². The molecule has 3 aromatic carbocycles. The van der Waals surface area contributed by atoms with E-state index in [1.165, 1.54) is 6.08 Å². The van der Waals surface area contributed by atoms with E-state index in [9.17, 15) is 27.8 Å². The highest BCUT2D eigenvalue weighted by atomic mass is 19.1. The molecule has 0 heterocycles. The fourth-order valence-corrected chi connectivity index (χ4v) is 3.92. The summed E-state index contributed by atoms with van der Waals surface area (Å²) in [5, 5.41) is 22.2. The first kappa shape index (κ1) is 25.6. The average Bonchev–Trinajstić information content (AvgIpc) is 2.79. The number of halogens is 4. The fourth-order valence-electron chi connectivity index (χ4n) is 3.92. The van der Waals surface area contributed by atoms with Gasteiger partial charge in [-0.3, -0.25) is 0 Å². The Balaban J connectivity index is 1.84. The zero-order chi connectivity index (χ0) is 24.7. The van der Waals surface area contributed by atoms with Crippen molar-refractivity contribution in [3.8, 4) is 0 Å². The minimum Gasteiger partial charge on any atom is -0.388 e. The Morgan fingerprint density at radius 3 is 2.00 bits per heavy atom. The lowest BCUT2D eigenvalue weighted by molar-refractivity contribution is -0.0580. The van der Waals surface area contributed by atoms with Crippen LogP contribution in [0, 0.1) is 29.2 Å². The lowest BCUT2D eigenvalue weighted by Crippen LogP contribution is -2.37. The van der Waals surface area contributed by atoms with Gasteiger partial charge >= 0.3 is 0 Å². The SMILES string of the molecule is C=C[C@H](COCc1ccccc1)[C@@](O)(CC[C@@H](O)c1cc(F)cc(F)c1)c1cc(F)cc(F)c1. The summed E-state index contributed by atoms with van der Waals surface area (Å²) in [6.07, 6.45) is -0.255. The van der Waals surface area contributed by atoms with Crippen LogP contribution in [-0.4, -0.2) is 16.8 Å².